The molecule has 0 saturated heterocycles. The highest BCUT2D eigenvalue weighted by atomic mass is 16.5. The van der Waals surface area contributed by atoms with Gasteiger partial charge in [-0.3, -0.25) is 9.78 Å². The van der Waals surface area contributed by atoms with E-state index in [0.717, 1.165) is 0 Å². The fourth-order valence-electron chi connectivity index (χ4n) is 1.05. The van der Waals surface area contributed by atoms with Gasteiger partial charge in [0.15, 0.2) is 0 Å². The molecular formula is C10H15N3O3. The van der Waals surface area contributed by atoms with E-state index in [1.807, 2.05) is 0 Å². The van der Waals surface area contributed by atoms with Gasteiger partial charge in [0.2, 0.25) is 0 Å². The molecule has 1 aromatic rings. The van der Waals surface area contributed by atoms with Gasteiger partial charge in [-0.1, -0.05) is 0 Å². The molecule has 6 nitrogen and oxygen atoms in total. The third-order valence-electron chi connectivity index (χ3n) is 1.78. The lowest BCUT2D eigenvalue weighted by molar-refractivity contribution is 0.0865. The number of nitrogens with zero attached hydrogens (tertiary/aromatic N) is 2. The molecule has 0 unspecified atom stereocenters. The average molecular weight is 225 g/mol. The highest BCUT2D eigenvalue weighted by Gasteiger charge is 2.04. The van der Waals surface area contributed by atoms with Crippen LogP contribution in [0.4, 0.5) is 0 Å². The Bertz CT molecular complexity index is 305. The molecule has 0 spiro atoms. The molecule has 0 atom stereocenters. The number of aliphatic hydroxyl groups is 1. The van der Waals surface area contributed by atoms with Crippen LogP contribution in [0.25, 0.3) is 0 Å². The number of amides is 1. The van der Waals surface area contributed by atoms with Crippen LogP contribution >= 0.6 is 0 Å². The van der Waals surface area contributed by atoms with Crippen molar-refractivity contribution in [2.75, 3.05) is 26.4 Å². The minimum absolute atomic E-state index is 0.0198. The molecule has 1 rings (SSSR count). The maximum atomic E-state index is 11.4. The molecule has 0 fully saturated rings. The predicted octanol–water partition coefficient (Wildman–Crippen LogP) is -0.395. The molecule has 0 aliphatic rings. The van der Waals surface area contributed by atoms with Gasteiger partial charge in [0.05, 0.1) is 19.4 Å². The van der Waals surface area contributed by atoms with Crippen molar-refractivity contribution < 1.29 is 14.6 Å². The van der Waals surface area contributed by atoms with E-state index in [9.17, 15) is 4.79 Å². The summed E-state index contributed by atoms with van der Waals surface area (Å²) in [4.78, 5) is 19.1. The van der Waals surface area contributed by atoms with Crippen LogP contribution in [0.1, 0.15) is 16.9 Å². The predicted molar refractivity (Wildman–Crippen MR) is 56.9 cm³/mol. The molecule has 1 aromatic heterocycles. The quantitative estimate of drug-likeness (QED) is 0.617. The largest absolute Gasteiger partial charge is 0.394 e. The minimum Gasteiger partial charge on any atom is -0.394 e. The monoisotopic (exact) mass is 225 g/mol. The number of hydrogen-bond donors (Lipinski definition) is 2. The van der Waals surface area contributed by atoms with Crippen molar-refractivity contribution in [3.05, 3.63) is 24.3 Å². The number of nitrogens with one attached hydrogen (secondary N) is 1. The van der Waals surface area contributed by atoms with Crippen molar-refractivity contribution in [1.82, 2.24) is 15.3 Å². The van der Waals surface area contributed by atoms with Gasteiger partial charge in [-0.2, -0.15) is 0 Å². The van der Waals surface area contributed by atoms with Crippen molar-refractivity contribution in [3.8, 4) is 0 Å². The van der Waals surface area contributed by atoms with Gasteiger partial charge in [0, 0.05) is 25.5 Å². The molecular weight excluding hydrogens is 210 g/mol. The number of ether oxygens (including phenoxy) is 1. The summed E-state index contributed by atoms with van der Waals surface area (Å²) < 4.78 is 5.04. The summed E-state index contributed by atoms with van der Waals surface area (Å²) in [6.07, 6.45) is 5.10. The highest BCUT2D eigenvalue weighted by molar-refractivity contribution is 5.91. The fraction of sp³-hybridized carbons (Fsp3) is 0.500. The second kappa shape index (κ2) is 7.72. The van der Waals surface area contributed by atoms with Crippen LogP contribution in [-0.2, 0) is 4.74 Å². The molecule has 1 heterocycles. The summed E-state index contributed by atoms with van der Waals surface area (Å²) in [6, 6.07) is 0. The van der Waals surface area contributed by atoms with Gasteiger partial charge in [-0.15, -0.1) is 0 Å². The lowest BCUT2D eigenvalue weighted by Gasteiger charge is -2.04. The van der Waals surface area contributed by atoms with E-state index in [-0.39, 0.29) is 12.5 Å². The number of aliphatic hydroxyl groups excluding tert-OH is 1. The minimum atomic E-state index is -0.241. The number of carbonyl (C=O) groups excluding carboxylic acids is 1. The van der Waals surface area contributed by atoms with Gasteiger partial charge in [-0.05, 0) is 6.42 Å². The topological polar surface area (TPSA) is 84.3 Å². The summed E-state index contributed by atoms with van der Waals surface area (Å²) in [7, 11) is 0. The SMILES string of the molecule is O=C(NCCCOCCO)c1cnccn1. The molecule has 16 heavy (non-hydrogen) atoms. The van der Waals surface area contributed by atoms with Crippen LogP contribution in [0.2, 0.25) is 0 Å². The van der Waals surface area contributed by atoms with Crippen LogP contribution < -0.4 is 5.32 Å². The van der Waals surface area contributed by atoms with E-state index < -0.39 is 0 Å². The second-order valence-electron chi connectivity index (χ2n) is 3.04. The van der Waals surface area contributed by atoms with Gasteiger partial charge in [-0.25, -0.2) is 4.98 Å². The first-order chi connectivity index (χ1) is 7.84. The summed E-state index contributed by atoms with van der Waals surface area (Å²) in [5.41, 5.74) is 0.304. The lowest BCUT2D eigenvalue weighted by Crippen LogP contribution is -2.26. The molecule has 2 N–H and O–H groups in total. The Morgan fingerprint density at radius 3 is 3.00 bits per heavy atom. The first kappa shape index (κ1) is 12.5. The zero-order chi connectivity index (χ0) is 11.6. The van der Waals surface area contributed by atoms with Gasteiger partial charge < -0.3 is 15.2 Å². The normalized spacial score (nSPS) is 10.1. The Kier molecular flexibility index (Phi) is 6.05. The Balaban J connectivity index is 2.12. The summed E-state index contributed by atoms with van der Waals surface area (Å²) in [6.45, 7) is 1.38. The van der Waals surface area contributed by atoms with Gasteiger partial charge in [0.25, 0.3) is 5.91 Å². The van der Waals surface area contributed by atoms with E-state index >= 15 is 0 Å². The van der Waals surface area contributed by atoms with Crippen LogP contribution in [0, 0.1) is 0 Å². The molecule has 0 radical (unpaired) electrons. The molecule has 0 bridgehead atoms. The second-order valence-corrected chi connectivity index (χ2v) is 3.04. The molecule has 0 aliphatic carbocycles. The van der Waals surface area contributed by atoms with E-state index in [1.165, 1.54) is 18.6 Å². The number of hydrogen-bond acceptors (Lipinski definition) is 5. The van der Waals surface area contributed by atoms with E-state index in [1.54, 1.807) is 0 Å². The Hall–Kier alpha value is -1.53. The Morgan fingerprint density at radius 2 is 2.31 bits per heavy atom. The van der Waals surface area contributed by atoms with Crippen molar-refractivity contribution in [2.45, 2.75) is 6.42 Å². The Morgan fingerprint density at radius 1 is 1.44 bits per heavy atom. The van der Waals surface area contributed by atoms with Crippen LogP contribution in [-0.4, -0.2) is 47.3 Å². The van der Waals surface area contributed by atoms with Crippen molar-refractivity contribution in [2.24, 2.45) is 0 Å². The first-order valence-electron chi connectivity index (χ1n) is 5.07. The summed E-state index contributed by atoms with van der Waals surface area (Å²) >= 11 is 0. The third-order valence-corrected chi connectivity index (χ3v) is 1.78. The maximum Gasteiger partial charge on any atom is 0.271 e. The fourth-order valence-corrected chi connectivity index (χ4v) is 1.05. The molecule has 6 heteroatoms. The lowest BCUT2D eigenvalue weighted by atomic mass is 10.4. The molecule has 0 aromatic carbocycles. The molecule has 0 aliphatic heterocycles. The number of aromatic nitrogens is 2. The van der Waals surface area contributed by atoms with Gasteiger partial charge in [0.1, 0.15) is 5.69 Å². The van der Waals surface area contributed by atoms with Crippen molar-refractivity contribution in [3.63, 3.8) is 0 Å². The first-order valence-corrected chi connectivity index (χ1v) is 5.07. The van der Waals surface area contributed by atoms with Crippen LogP contribution in [0.3, 0.4) is 0 Å². The van der Waals surface area contributed by atoms with E-state index in [2.05, 4.69) is 15.3 Å². The zero-order valence-electron chi connectivity index (χ0n) is 8.93. The number of rotatable bonds is 7. The molecule has 0 saturated carbocycles. The maximum absolute atomic E-state index is 11.4. The molecule has 1 amide bonds. The standard InChI is InChI=1S/C10H15N3O3/c14-5-7-16-6-1-2-13-10(15)9-8-11-3-4-12-9/h3-4,8,14H,1-2,5-7H2,(H,13,15). The van der Waals surface area contributed by atoms with Crippen molar-refractivity contribution >= 4 is 5.91 Å². The zero-order valence-corrected chi connectivity index (χ0v) is 8.93. The number of carbonyl (C=O) groups is 1. The summed E-state index contributed by atoms with van der Waals surface area (Å²) in [5, 5.41) is 11.1. The Labute approximate surface area is 93.7 Å². The van der Waals surface area contributed by atoms with Crippen LogP contribution in [0.15, 0.2) is 18.6 Å². The van der Waals surface area contributed by atoms with E-state index in [4.69, 9.17) is 9.84 Å². The van der Waals surface area contributed by atoms with Gasteiger partial charge >= 0.3 is 0 Å². The third kappa shape index (κ3) is 4.81. The van der Waals surface area contributed by atoms with E-state index in [0.29, 0.717) is 31.9 Å². The summed E-state index contributed by atoms with van der Waals surface area (Å²) in [5.74, 6) is -0.241. The highest BCUT2D eigenvalue weighted by Crippen LogP contribution is 1.89. The smallest absolute Gasteiger partial charge is 0.271 e. The molecule has 88 valence electrons. The average Bonchev–Trinajstić information content (AvgIpc) is 2.34. The van der Waals surface area contributed by atoms with Crippen LogP contribution in [0.5, 0.6) is 0 Å². The van der Waals surface area contributed by atoms with Crippen molar-refractivity contribution in [1.29, 1.82) is 0 Å².